The molecule has 2 aromatic carbocycles. The topological polar surface area (TPSA) is 12.0 Å². The Morgan fingerprint density at radius 2 is 1.52 bits per heavy atom. The van der Waals surface area contributed by atoms with Crippen molar-refractivity contribution in [1.82, 2.24) is 5.32 Å². The highest BCUT2D eigenvalue weighted by Gasteiger charge is 2.16. The average Bonchev–Trinajstić information content (AvgIpc) is 2.43. The summed E-state index contributed by atoms with van der Waals surface area (Å²) in [6.07, 6.45) is 0. The summed E-state index contributed by atoms with van der Waals surface area (Å²) in [6, 6.07) is 10.4. The Kier molecular flexibility index (Phi) is 5.50. The molecule has 112 valence electrons. The fourth-order valence-electron chi connectivity index (χ4n) is 2.18. The standard InChI is InChI=1S/C16H15Cl3FN/c1-9(11-3-5-12(17)6-4-11)21-10(2)13-7-16(20)15(19)8-14(13)18/h3-10,21H,1-2H3. The van der Waals surface area contributed by atoms with Gasteiger partial charge in [-0.1, -0.05) is 46.9 Å². The monoisotopic (exact) mass is 345 g/mol. The highest BCUT2D eigenvalue weighted by molar-refractivity contribution is 6.35. The first kappa shape index (κ1) is 16.6. The molecule has 2 rings (SSSR count). The van der Waals surface area contributed by atoms with Crippen molar-refractivity contribution in [2.24, 2.45) is 0 Å². The molecule has 0 heterocycles. The summed E-state index contributed by atoms with van der Waals surface area (Å²) in [7, 11) is 0. The van der Waals surface area contributed by atoms with Gasteiger partial charge in [0.1, 0.15) is 5.82 Å². The molecule has 0 radical (unpaired) electrons. The van der Waals surface area contributed by atoms with Crippen LogP contribution in [0.2, 0.25) is 15.1 Å². The third kappa shape index (κ3) is 4.10. The van der Waals surface area contributed by atoms with Crippen molar-refractivity contribution in [3.05, 3.63) is 68.4 Å². The van der Waals surface area contributed by atoms with Crippen molar-refractivity contribution < 1.29 is 4.39 Å². The Labute approximate surface area is 139 Å². The normalized spacial score (nSPS) is 14.0. The minimum absolute atomic E-state index is 0.0294. The molecule has 0 saturated heterocycles. The van der Waals surface area contributed by atoms with Crippen molar-refractivity contribution >= 4 is 34.8 Å². The summed E-state index contributed by atoms with van der Waals surface area (Å²) in [5.41, 5.74) is 1.77. The zero-order valence-electron chi connectivity index (χ0n) is 11.6. The third-order valence-corrected chi connectivity index (χ3v) is 4.25. The smallest absolute Gasteiger partial charge is 0.142 e. The first-order valence-electron chi connectivity index (χ1n) is 6.54. The fraction of sp³-hybridized carbons (Fsp3) is 0.250. The van der Waals surface area contributed by atoms with E-state index in [4.69, 9.17) is 34.8 Å². The predicted molar refractivity (Wildman–Crippen MR) is 87.8 cm³/mol. The second kappa shape index (κ2) is 6.97. The van der Waals surface area contributed by atoms with Gasteiger partial charge in [-0.15, -0.1) is 0 Å². The predicted octanol–water partition coefficient (Wildman–Crippen LogP) is 6.20. The molecule has 5 heteroatoms. The van der Waals surface area contributed by atoms with E-state index < -0.39 is 5.82 Å². The van der Waals surface area contributed by atoms with Crippen LogP contribution in [-0.4, -0.2) is 0 Å². The van der Waals surface area contributed by atoms with Crippen LogP contribution in [0.15, 0.2) is 36.4 Å². The molecule has 2 unspecified atom stereocenters. The first-order valence-corrected chi connectivity index (χ1v) is 7.68. The molecule has 0 aromatic heterocycles. The Hall–Kier alpha value is -0.800. The first-order chi connectivity index (χ1) is 9.88. The summed E-state index contributed by atoms with van der Waals surface area (Å²) < 4.78 is 13.6. The van der Waals surface area contributed by atoms with E-state index in [1.54, 1.807) is 0 Å². The zero-order chi connectivity index (χ0) is 15.6. The molecule has 0 bridgehead atoms. The van der Waals surface area contributed by atoms with Gasteiger partial charge in [0.05, 0.1) is 5.02 Å². The van der Waals surface area contributed by atoms with E-state index in [1.165, 1.54) is 12.1 Å². The summed E-state index contributed by atoms with van der Waals surface area (Å²) in [5, 5.41) is 4.56. The quantitative estimate of drug-likeness (QED) is 0.650. The number of nitrogens with one attached hydrogen (secondary N) is 1. The lowest BCUT2D eigenvalue weighted by molar-refractivity contribution is 0.492. The number of hydrogen-bond acceptors (Lipinski definition) is 1. The second-order valence-corrected chi connectivity index (χ2v) is 6.20. The van der Waals surface area contributed by atoms with Gasteiger partial charge < -0.3 is 5.32 Å². The summed E-state index contributed by atoms with van der Waals surface area (Å²) >= 11 is 17.7. The van der Waals surface area contributed by atoms with Crippen molar-refractivity contribution in [1.29, 1.82) is 0 Å². The van der Waals surface area contributed by atoms with E-state index in [2.05, 4.69) is 5.32 Å². The SMILES string of the molecule is CC(NC(C)c1cc(F)c(Cl)cc1Cl)c1ccc(Cl)cc1. The van der Waals surface area contributed by atoms with E-state index in [0.29, 0.717) is 15.6 Å². The van der Waals surface area contributed by atoms with Crippen LogP contribution < -0.4 is 5.32 Å². The molecule has 2 atom stereocenters. The van der Waals surface area contributed by atoms with Crippen molar-refractivity contribution in [3.63, 3.8) is 0 Å². The largest absolute Gasteiger partial charge is 0.304 e. The van der Waals surface area contributed by atoms with Gasteiger partial charge in [-0.3, -0.25) is 0 Å². The zero-order valence-corrected chi connectivity index (χ0v) is 13.9. The molecule has 0 aliphatic heterocycles. The number of benzene rings is 2. The Morgan fingerprint density at radius 3 is 2.14 bits per heavy atom. The van der Waals surface area contributed by atoms with Gasteiger partial charge in [-0.2, -0.15) is 0 Å². The fourth-order valence-corrected chi connectivity index (χ4v) is 2.86. The highest BCUT2D eigenvalue weighted by atomic mass is 35.5. The lowest BCUT2D eigenvalue weighted by Gasteiger charge is -2.22. The van der Waals surface area contributed by atoms with Crippen molar-refractivity contribution in [2.75, 3.05) is 0 Å². The molecular weight excluding hydrogens is 332 g/mol. The third-order valence-electron chi connectivity index (χ3n) is 3.38. The van der Waals surface area contributed by atoms with Crippen LogP contribution in [0.3, 0.4) is 0 Å². The maximum absolute atomic E-state index is 13.6. The summed E-state index contributed by atoms with van der Waals surface area (Å²) in [4.78, 5) is 0. The summed E-state index contributed by atoms with van der Waals surface area (Å²) in [6.45, 7) is 3.96. The van der Waals surface area contributed by atoms with Crippen LogP contribution in [0.1, 0.15) is 37.1 Å². The van der Waals surface area contributed by atoms with Crippen LogP contribution >= 0.6 is 34.8 Å². The Bertz CT molecular complexity index is 628. The van der Waals surface area contributed by atoms with E-state index in [1.807, 2.05) is 38.1 Å². The molecular formula is C16H15Cl3FN. The molecule has 0 fully saturated rings. The average molecular weight is 347 g/mol. The van der Waals surface area contributed by atoms with Gasteiger partial charge >= 0.3 is 0 Å². The van der Waals surface area contributed by atoms with Gasteiger partial charge in [0.15, 0.2) is 0 Å². The molecule has 2 aromatic rings. The van der Waals surface area contributed by atoms with Crippen LogP contribution in [0.5, 0.6) is 0 Å². The minimum atomic E-state index is -0.469. The maximum atomic E-state index is 13.6. The molecule has 21 heavy (non-hydrogen) atoms. The molecule has 1 N–H and O–H groups in total. The maximum Gasteiger partial charge on any atom is 0.142 e. The van der Waals surface area contributed by atoms with Crippen LogP contribution in [0, 0.1) is 5.82 Å². The van der Waals surface area contributed by atoms with Crippen LogP contribution in [-0.2, 0) is 0 Å². The molecule has 0 saturated carbocycles. The number of halogens is 4. The van der Waals surface area contributed by atoms with E-state index in [-0.39, 0.29) is 17.1 Å². The number of rotatable bonds is 4. The van der Waals surface area contributed by atoms with Gasteiger partial charge in [0.2, 0.25) is 0 Å². The Balaban J connectivity index is 2.15. The van der Waals surface area contributed by atoms with Gasteiger partial charge in [0, 0.05) is 22.1 Å². The van der Waals surface area contributed by atoms with Crippen LogP contribution in [0.4, 0.5) is 4.39 Å². The highest BCUT2D eigenvalue weighted by Crippen LogP contribution is 2.30. The van der Waals surface area contributed by atoms with Gasteiger partial charge in [-0.25, -0.2) is 4.39 Å². The molecule has 0 amide bonds. The van der Waals surface area contributed by atoms with E-state index in [0.717, 1.165) is 5.56 Å². The van der Waals surface area contributed by atoms with Crippen LogP contribution in [0.25, 0.3) is 0 Å². The Morgan fingerprint density at radius 1 is 0.905 bits per heavy atom. The molecule has 0 aliphatic rings. The lowest BCUT2D eigenvalue weighted by atomic mass is 10.0. The van der Waals surface area contributed by atoms with E-state index in [9.17, 15) is 4.39 Å². The second-order valence-electron chi connectivity index (χ2n) is 4.95. The minimum Gasteiger partial charge on any atom is -0.304 e. The molecule has 0 spiro atoms. The van der Waals surface area contributed by atoms with Gasteiger partial charge in [-0.05, 0) is 49.2 Å². The molecule has 0 aliphatic carbocycles. The lowest BCUT2D eigenvalue weighted by Crippen LogP contribution is -2.22. The summed E-state index contributed by atoms with van der Waals surface area (Å²) in [5.74, 6) is -0.469. The molecule has 1 nitrogen and oxygen atoms in total. The van der Waals surface area contributed by atoms with E-state index >= 15 is 0 Å². The number of hydrogen-bond donors (Lipinski definition) is 1. The van der Waals surface area contributed by atoms with Crippen molar-refractivity contribution in [3.8, 4) is 0 Å². The van der Waals surface area contributed by atoms with Crippen molar-refractivity contribution in [2.45, 2.75) is 25.9 Å². The van der Waals surface area contributed by atoms with Gasteiger partial charge in [0.25, 0.3) is 0 Å².